The smallest absolute Gasteiger partial charge is 0.138 e. The molecule has 0 saturated heterocycles. The third-order valence-corrected chi connectivity index (χ3v) is 8.09. The van der Waals surface area contributed by atoms with Crippen LogP contribution in [0.5, 0.6) is 0 Å². The summed E-state index contributed by atoms with van der Waals surface area (Å²) in [5.74, 6) is 1.55. The molecule has 2 aliphatic rings. The first-order valence-electron chi connectivity index (χ1n) is 11.9. The molecule has 1 aromatic heterocycles. The van der Waals surface area contributed by atoms with Crippen LogP contribution in [0.1, 0.15) is 76.3 Å². The van der Waals surface area contributed by atoms with E-state index in [1.54, 1.807) is 5.56 Å². The normalized spacial score (nSPS) is 28.7. The molecule has 0 amide bonds. The number of aryl methyl sites for hydroxylation is 1. The fourth-order valence-electron chi connectivity index (χ4n) is 6.56. The first-order chi connectivity index (χ1) is 14.6. The second-order valence-electron chi connectivity index (χ2n) is 9.75. The molecule has 0 radical (unpaired) electrons. The van der Waals surface area contributed by atoms with E-state index in [1.165, 1.54) is 24.0 Å². The molecule has 1 saturated carbocycles. The molecule has 5 rings (SSSR count). The van der Waals surface area contributed by atoms with Gasteiger partial charge in [-0.05, 0) is 92.0 Å². The van der Waals surface area contributed by atoms with Gasteiger partial charge in [-0.2, -0.15) is 0 Å². The number of H-pyrrole nitrogens is 1. The Morgan fingerprint density at radius 1 is 1.13 bits per heavy atom. The number of hydrogen-bond acceptors (Lipinski definition) is 2. The number of nitrogens with zero attached hydrogens (tertiary/aromatic N) is 1. The van der Waals surface area contributed by atoms with Gasteiger partial charge in [-0.15, -0.1) is 0 Å². The van der Waals surface area contributed by atoms with Crippen LogP contribution in [0.2, 0.25) is 0 Å². The molecule has 30 heavy (non-hydrogen) atoms. The summed E-state index contributed by atoms with van der Waals surface area (Å²) >= 11 is 0. The van der Waals surface area contributed by atoms with Crippen molar-refractivity contribution in [3.63, 3.8) is 0 Å². The van der Waals surface area contributed by atoms with Gasteiger partial charge < -0.3 is 10.1 Å². The van der Waals surface area contributed by atoms with Gasteiger partial charge in [0.15, 0.2) is 0 Å². The summed E-state index contributed by atoms with van der Waals surface area (Å²) in [7, 11) is 0. The summed E-state index contributed by atoms with van der Waals surface area (Å²) in [6, 6.07) is 15.3. The quantitative estimate of drug-likeness (QED) is 0.520. The Kier molecular flexibility index (Phi) is 4.97. The number of aromatic nitrogens is 2. The minimum Gasteiger partial charge on any atom is -0.390 e. The maximum Gasteiger partial charge on any atom is 0.138 e. The lowest BCUT2D eigenvalue weighted by Gasteiger charge is -2.50. The highest BCUT2D eigenvalue weighted by Gasteiger charge is 2.49. The van der Waals surface area contributed by atoms with E-state index in [2.05, 4.69) is 55.2 Å². The van der Waals surface area contributed by atoms with Gasteiger partial charge in [-0.1, -0.05) is 44.5 Å². The lowest BCUT2D eigenvalue weighted by molar-refractivity contribution is -0.0542. The molecule has 0 unspecified atom stereocenters. The summed E-state index contributed by atoms with van der Waals surface area (Å²) in [5, 5.41) is 11.2. The van der Waals surface area contributed by atoms with E-state index in [0.717, 1.165) is 61.8 Å². The van der Waals surface area contributed by atoms with Crippen molar-refractivity contribution in [3.8, 4) is 11.4 Å². The zero-order valence-corrected chi connectivity index (χ0v) is 18.4. The van der Waals surface area contributed by atoms with Crippen LogP contribution in [-0.2, 0) is 11.8 Å². The van der Waals surface area contributed by atoms with Crippen molar-refractivity contribution in [1.29, 1.82) is 0 Å². The van der Waals surface area contributed by atoms with Crippen LogP contribution >= 0.6 is 0 Å². The molecule has 2 aromatic carbocycles. The number of aromatic amines is 1. The van der Waals surface area contributed by atoms with Crippen molar-refractivity contribution in [2.45, 2.75) is 82.7 Å². The second-order valence-corrected chi connectivity index (χ2v) is 9.75. The van der Waals surface area contributed by atoms with E-state index in [1.807, 2.05) is 6.07 Å². The van der Waals surface area contributed by atoms with Crippen LogP contribution in [0.25, 0.3) is 22.4 Å². The van der Waals surface area contributed by atoms with Gasteiger partial charge in [0, 0.05) is 5.56 Å². The molecule has 3 aromatic rings. The SMILES string of the molecule is CCC[C@@]1(O)CC[C@@]2(CC)c3ccc(-c4nc5ccccc5[nH]4)cc3CCC[C@H]2C1. The van der Waals surface area contributed by atoms with Crippen LogP contribution in [0.15, 0.2) is 42.5 Å². The van der Waals surface area contributed by atoms with E-state index in [9.17, 15) is 5.11 Å². The lowest BCUT2D eigenvalue weighted by Crippen LogP contribution is -2.47. The Bertz CT molecular complexity index is 1020. The van der Waals surface area contributed by atoms with Crippen molar-refractivity contribution in [1.82, 2.24) is 9.97 Å². The molecule has 3 heteroatoms. The lowest BCUT2D eigenvalue weighted by atomic mass is 9.56. The van der Waals surface area contributed by atoms with Crippen molar-refractivity contribution in [2.24, 2.45) is 5.92 Å². The second kappa shape index (κ2) is 7.53. The van der Waals surface area contributed by atoms with Gasteiger partial charge in [0.25, 0.3) is 0 Å². The van der Waals surface area contributed by atoms with Crippen LogP contribution in [0.3, 0.4) is 0 Å². The van der Waals surface area contributed by atoms with Crippen molar-refractivity contribution in [3.05, 3.63) is 53.6 Å². The predicted molar refractivity (Wildman–Crippen MR) is 124 cm³/mol. The molecule has 158 valence electrons. The summed E-state index contributed by atoms with van der Waals surface area (Å²) in [6.07, 6.45) is 9.78. The van der Waals surface area contributed by atoms with Crippen molar-refractivity contribution in [2.75, 3.05) is 0 Å². The van der Waals surface area contributed by atoms with Gasteiger partial charge in [0.2, 0.25) is 0 Å². The van der Waals surface area contributed by atoms with Crippen LogP contribution in [0.4, 0.5) is 0 Å². The van der Waals surface area contributed by atoms with Gasteiger partial charge in [-0.25, -0.2) is 4.98 Å². The third kappa shape index (κ3) is 3.19. The molecule has 0 spiro atoms. The maximum absolute atomic E-state index is 11.2. The number of aliphatic hydroxyl groups is 1. The molecule has 0 aliphatic heterocycles. The summed E-state index contributed by atoms with van der Waals surface area (Å²) in [4.78, 5) is 8.32. The van der Waals surface area contributed by atoms with Gasteiger partial charge in [0.05, 0.1) is 16.6 Å². The fraction of sp³-hybridized carbons (Fsp3) is 0.519. The Labute approximate surface area is 179 Å². The number of nitrogens with one attached hydrogen (secondary N) is 1. The zero-order valence-electron chi connectivity index (χ0n) is 18.4. The largest absolute Gasteiger partial charge is 0.390 e. The van der Waals surface area contributed by atoms with E-state index in [4.69, 9.17) is 4.98 Å². The highest BCUT2D eigenvalue weighted by Crippen LogP contribution is 2.54. The van der Waals surface area contributed by atoms with Crippen LogP contribution in [-0.4, -0.2) is 20.7 Å². The highest BCUT2D eigenvalue weighted by atomic mass is 16.3. The number of hydrogen-bond donors (Lipinski definition) is 2. The minimum absolute atomic E-state index is 0.220. The molecule has 1 heterocycles. The van der Waals surface area contributed by atoms with Gasteiger partial charge >= 0.3 is 0 Å². The maximum atomic E-state index is 11.2. The molecule has 1 fully saturated rings. The van der Waals surface area contributed by atoms with Crippen molar-refractivity contribution >= 4 is 11.0 Å². The number of para-hydroxylation sites is 2. The zero-order chi connectivity index (χ0) is 20.8. The van der Waals surface area contributed by atoms with E-state index in [-0.39, 0.29) is 5.41 Å². The van der Waals surface area contributed by atoms with E-state index < -0.39 is 5.60 Å². The van der Waals surface area contributed by atoms with E-state index >= 15 is 0 Å². The standard InChI is InChI=1S/C27H34N2O/c1-3-14-26(30)15-16-27(4-2)21(18-26)9-7-8-19-17-20(12-13-22(19)27)25-28-23-10-5-6-11-24(23)29-25/h5-6,10-13,17,21,30H,3-4,7-9,14-16,18H2,1-2H3,(H,28,29)/t21-,26+,27+/m0/s1. The molecule has 2 aliphatic carbocycles. The third-order valence-electron chi connectivity index (χ3n) is 8.09. The molecular weight excluding hydrogens is 368 g/mol. The molecule has 0 bridgehead atoms. The van der Waals surface area contributed by atoms with Crippen LogP contribution < -0.4 is 0 Å². The average molecular weight is 403 g/mol. The summed E-state index contributed by atoms with van der Waals surface area (Å²) < 4.78 is 0. The molecule has 3 atom stereocenters. The Morgan fingerprint density at radius 3 is 2.80 bits per heavy atom. The molecule has 3 nitrogen and oxygen atoms in total. The number of fused-ring (bicyclic) bond motifs is 4. The van der Waals surface area contributed by atoms with E-state index in [0.29, 0.717) is 5.92 Å². The number of benzene rings is 2. The van der Waals surface area contributed by atoms with Crippen LogP contribution in [0, 0.1) is 5.92 Å². The number of imidazole rings is 1. The molecule has 2 N–H and O–H groups in total. The Balaban J connectivity index is 1.54. The van der Waals surface area contributed by atoms with Gasteiger partial charge in [-0.3, -0.25) is 0 Å². The summed E-state index contributed by atoms with van der Waals surface area (Å²) in [5.41, 5.74) is 6.12. The van der Waals surface area contributed by atoms with Gasteiger partial charge in [0.1, 0.15) is 5.82 Å². The monoisotopic (exact) mass is 402 g/mol. The predicted octanol–water partition coefficient (Wildman–Crippen LogP) is 6.55. The Hall–Kier alpha value is -2.13. The molecular formula is C27H34N2O. The summed E-state index contributed by atoms with van der Waals surface area (Å²) in [6.45, 7) is 4.56. The fourth-order valence-corrected chi connectivity index (χ4v) is 6.56. The topological polar surface area (TPSA) is 48.9 Å². The number of rotatable bonds is 4. The first-order valence-corrected chi connectivity index (χ1v) is 11.9. The highest BCUT2D eigenvalue weighted by molar-refractivity contribution is 5.79. The average Bonchev–Trinajstić information content (AvgIpc) is 3.12. The Morgan fingerprint density at radius 2 is 2.00 bits per heavy atom. The van der Waals surface area contributed by atoms with Crippen molar-refractivity contribution < 1.29 is 5.11 Å². The first kappa shape index (κ1) is 19.8. The minimum atomic E-state index is -0.448.